The number of hydrogen-bond acceptors (Lipinski definition) is 4. The minimum absolute atomic E-state index is 0.00992. The number of sulfone groups is 1. The summed E-state index contributed by atoms with van der Waals surface area (Å²) in [4.78, 5) is 12.4. The molecule has 0 unspecified atom stereocenters. The van der Waals surface area contributed by atoms with E-state index in [1.165, 1.54) is 18.2 Å². The van der Waals surface area contributed by atoms with Crippen LogP contribution in [0.25, 0.3) is 6.08 Å². The van der Waals surface area contributed by atoms with Gasteiger partial charge in [-0.2, -0.15) is 18.3 Å². The molecule has 9 heteroatoms. The highest BCUT2D eigenvalue weighted by atomic mass is 32.2. The number of rotatable bonds is 4. The number of ketones is 1. The number of hydrogen-bond donors (Lipinski definition) is 0. The lowest BCUT2D eigenvalue weighted by atomic mass is 10.0. The van der Waals surface area contributed by atoms with Crippen LogP contribution in [0.2, 0.25) is 0 Å². The summed E-state index contributed by atoms with van der Waals surface area (Å²) in [6, 6.07) is 4.35. The molecule has 0 amide bonds. The molecule has 0 aliphatic carbocycles. The van der Waals surface area contributed by atoms with E-state index in [1.54, 1.807) is 18.5 Å². The van der Waals surface area contributed by atoms with Crippen LogP contribution in [-0.2, 0) is 16.0 Å². The first-order valence-electron chi connectivity index (χ1n) is 8.64. The summed E-state index contributed by atoms with van der Waals surface area (Å²) in [5.74, 6) is -0.646. The largest absolute Gasteiger partial charge is 0.417 e. The van der Waals surface area contributed by atoms with Crippen molar-refractivity contribution in [1.82, 2.24) is 9.78 Å². The molecule has 1 aromatic heterocycles. The number of carbonyl (C=O) groups is 1. The Morgan fingerprint density at radius 2 is 1.93 bits per heavy atom. The highest BCUT2D eigenvalue weighted by Gasteiger charge is 2.34. The maximum atomic E-state index is 13.1. The Kier molecular flexibility index (Phi) is 5.22. The summed E-state index contributed by atoms with van der Waals surface area (Å²) in [5, 5.41) is 4.37. The number of benzene rings is 1. The number of nitrogens with zero attached hydrogens (tertiary/aromatic N) is 2. The minimum atomic E-state index is -4.62. The summed E-state index contributed by atoms with van der Waals surface area (Å²) in [6.45, 7) is 3.46. The van der Waals surface area contributed by atoms with Crippen molar-refractivity contribution in [2.75, 3.05) is 11.5 Å². The molecule has 5 nitrogen and oxygen atoms in total. The van der Waals surface area contributed by atoms with E-state index < -0.39 is 32.9 Å². The molecule has 3 rings (SSSR count). The van der Waals surface area contributed by atoms with E-state index in [1.807, 2.05) is 0 Å². The lowest BCUT2D eigenvalue weighted by Gasteiger charge is -2.11. The average molecular weight is 412 g/mol. The Bertz CT molecular complexity index is 1050. The summed E-state index contributed by atoms with van der Waals surface area (Å²) in [7, 11) is -3.08. The zero-order valence-electron chi connectivity index (χ0n) is 15.3. The molecule has 0 saturated carbocycles. The van der Waals surface area contributed by atoms with Gasteiger partial charge in [0.25, 0.3) is 0 Å². The van der Waals surface area contributed by atoms with E-state index in [-0.39, 0.29) is 17.5 Å². The second-order valence-electron chi connectivity index (χ2n) is 6.83. The van der Waals surface area contributed by atoms with Crippen molar-refractivity contribution in [3.05, 3.63) is 58.4 Å². The molecule has 1 atom stereocenters. The van der Waals surface area contributed by atoms with Crippen LogP contribution in [0.5, 0.6) is 0 Å². The SMILES string of the molecule is Cc1nn([C@H]2CCS(=O)(=O)C2)c(C)c1/C=C/C(=O)c1ccccc1C(F)(F)F. The van der Waals surface area contributed by atoms with Gasteiger partial charge in [-0.15, -0.1) is 0 Å². The molecule has 1 aromatic carbocycles. The lowest BCUT2D eigenvalue weighted by Crippen LogP contribution is -2.14. The Balaban J connectivity index is 1.89. The third kappa shape index (κ3) is 4.04. The van der Waals surface area contributed by atoms with Gasteiger partial charge in [0.15, 0.2) is 15.6 Å². The maximum absolute atomic E-state index is 13.1. The molecule has 0 spiro atoms. The number of halogens is 3. The van der Waals surface area contributed by atoms with Crippen LogP contribution >= 0.6 is 0 Å². The van der Waals surface area contributed by atoms with Gasteiger partial charge in [-0.25, -0.2) is 8.42 Å². The van der Waals surface area contributed by atoms with Crippen molar-refractivity contribution >= 4 is 21.7 Å². The third-order valence-corrected chi connectivity index (χ3v) is 6.58. The third-order valence-electron chi connectivity index (χ3n) is 4.83. The Morgan fingerprint density at radius 3 is 2.54 bits per heavy atom. The van der Waals surface area contributed by atoms with Gasteiger partial charge in [0.2, 0.25) is 0 Å². The monoisotopic (exact) mass is 412 g/mol. The number of aryl methyl sites for hydroxylation is 1. The fraction of sp³-hybridized carbons (Fsp3) is 0.368. The number of alkyl halides is 3. The zero-order valence-corrected chi connectivity index (χ0v) is 16.1. The Labute approximate surface area is 160 Å². The van der Waals surface area contributed by atoms with Crippen LogP contribution in [0.15, 0.2) is 30.3 Å². The van der Waals surface area contributed by atoms with Gasteiger partial charge in [0, 0.05) is 16.8 Å². The first-order chi connectivity index (χ1) is 13.0. The molecular weight excluding hydrogens is 393 g/mol. The fourth-order valence-electron chi connectivity index (χ4n) is 3.43. The number of aromatic nitrogens is 2. The Hall–Kier alpha value is -2.42. The molecule has 2 aromatic rings. The van der Waals surface area contributed by atoms with Crippen LogP contribution in [0.1, 0.15) is 45.3 Å². The van der Waals surface area contributed by atoms with Crippen LogP contribution in [-0.4, -0.2) is 35.5 Å². The van der Waals surface area contributed by atoms with E-state index in [0.29, 0.717) is 23.4 Å². The van der Waals surface area contributed by atoms with Gasteiger partial charge in [-0.05, 0) is 38.5 Å². The smallest absolute Gasteiger partial charge is 0.289 e. The van der Waals surface area contributed by atoms with Gasteiger partial charge in [-0.1, -0.05) is 18.2 Å². The predicted octanol–water partition coefficient (Wildman–Crippen LogP) is 3.77. The van der Waals surface area contributed by atoms with Crippen molar-refractivity contribution in [3.63, 3.8) is 0 Å². The number of allylic oxidation sites excluding steroid dienone is 1. The fourth-order valence-corrected chi connectivity index (χ4v) is 5.13. The molecule has 1 aliphatic rings. The molecule has 1 saturated heterocycles. The van der Waals surface area contributed by atoms with Crippen molar-refractivity contribution in [2.24, 2.45) is 0 Å². The van der Waals surface area contributed by atoms with Gasteiger partial charge in [0.05, 0.1) is 28.8 Å². The quantitative estimate of drug-likeness (QED) is 0.566. The van der Waals surface area contributed by atoms with Crippen LogP contribution in [0.4, 0.5) is 13.2 Å². The van der Waals surface area contributed by atoms with Gasteiger partial charge >= 0.3 is 6.18 Å². The van der Waals surface area contributed by atoms with Gasteiger partial charge < -0.3 is 0 Å². The highest BCUT2D eigenvalue weighted by molar-refractivity contribution is 7.91. The standard InChI is InChI=1S/C19H19F3N2O3S/c1-12-15(13(2)24(23-12)14-9-10-28(26,27)11-14)7-8-18(25)16-5-3-4-6-17(16)19(20,21)22/h3-8,14H,9-11H2,1-2H3/b8-7+/t14-/m0/s1. The molecule has 0 radical (unpaired) electrons. The van der Waals surface area contributed by atoms with E-state index in [4.69, 9.17) is 0 Å². The van der Waals surface area contributed by atoms with E-state index in [2.05, 4.69) is 5.10 Å². The Morgan fingerprint density at radius 1 is 1.25 bits per heavy atom. The van der Waals surface area contributed by atoms with Crippen molar-refractivity contribution in [2.45, 2.75) is 32.5 Å². The second-order valence-corrected chi connectivity index (χ2v) is 9.06. The molecule has 0 bridgehead atoms. The molecule has 1 fully saturated rings. The predicted molar refractivity (Wildman–Crippen MR) is 98.8 cm³/mol. The van der Waals surface area contributed by atoms with Crippen LogP contribution in [0.3, 0.4) is 0 Å². The molecule has 2 heterocycles. The molecule has 0 N–H and O–H groups in total. The minimum Gasteiger partial charge on any atom is -0.289 e. The summed E-state index contributed by atoms with van der Waals surface area (Å²) in [6.07, 6.45) is -1.62. The molecule has 1 aliphatic heterocycles. The summed E-state index contributed by atoms with van der Waals surface area (Å²) in [5.41, 5.74) is 0.450. The molecule has 150 valence electrons. The second kappa shape index (κ2) is 7.20. The summed E-state index contributed by atoms with van der Waals surface area (Å²) < 4.78 is 64.4. The first-order valence-corrected chi connectivity index (χ1v) is 10.5. The lowest BCUT2D eigenvalue weighted by molar-refractivity contribution is -0.137. The topological polar surface area (TPSA) is 69.0 Å². The van der Waals surface area contributed by atoms with Crippen molar-refractivity contribution in [1.29, 1.82) is 0 Å². The van der Waals surface area contributed by atoms with E-state index in [9.17, 15) is 26.4 Å². The van der Waals surface area contributed by atoms with E-state index >= 15 is 0 Å². The summed E-state index contributed by atoms with van der Waals surface area (Å²) >= 11 is 0. The van der Waals surface area contributed by atoms with Gasteiger partial charge in [-0.3, -0.25) is 9.48 Å². The van der Waals surface area contributed by atoms with Gasteiger partial charge in [0.1, 0.15) is 0 Å². The molecular formula is C19H19F3N2O3S. The molecule has 28 heavy (non-hydrogen) atoms. The average Bonchev–Trinajstić information content (AvgIpc) is 3.11. The highest BCUT2D eigenvalue weighted by Crippen LogP contribution is 2.32. The maximum Gasteiger partial charge on any atom is 0.417 e. The van der Waals surface area contributed by atoms with Crippen LogP contribution < -0.4 is 0 Å². The van der Waals surface area contributed by atoms with E-state index in [0.717, 1.165) is 18.2 Å². The van der Waals surface area contributed by atoms with Crippen molar-refractivity contribution in [3.8, 4) is 0 Å². The first kappa shape index (κ1) is 20.3. The van der Waals surface area contributed by atoms with Crippen molar-refractivity contribution < 1.29 is 26.4 Å². The number of carbonyl (C=O) groups excluding carboxylic acids is 1. The zero-order chi connectivity index (χ0) is 20.7. The normalized spacial score (nSPS) is 19.4. The van der Waals surface area contributed by atoms with Crippen LogP contribution in [0, 0.1) is 13.8 Å².